The smallest absolute Gasteiger partial charge is 0.172 e. The summed E-state index contributed by atoms with van der Waals surface area (Å²) in [6.07, 6.45) is 14.0. The first-order valence-corrected chi connectivity index (χ1v) is 7.15. The minimum atomic E-state index is 0.423. The second-order valence-corrected chi connectivity index (χ2v) is 4.42. The van der Waals surface area contributed by atoms with Crippen molar-refractivity contribution in [1.29, 1.82) is 0 Å². The summed E-state index contributed by atoms with van der Waals surface area (Å²) in [5, 5.41) is 0. The third kappa shape index (κ3) is 11.2. The van der Waals surface area contributed by atoms with Crippen molar-refractivity contribution in [3.05, 3.63) is 0 Å². The maximum Gasteiger partial charge on any atom is 0.172 e. The van der Waals surface area contributed by atoms with Crippen LogP contribution in [0.1, 0.15) is 72.1 Å². The van der Waals surface area contributed by atoms with Crippen LogP contribution in [0.4, 0.5) is 0 Å². The van der Waals surface area contributed by atoms with Crippen molar-refractivity contribution in [2.45, 2.75) is 72.1 Å². The number of hydrogen-bond acceptors (Lipinski definition) is 2. The summed E-state index contributed by atoms with van der Waals surface area (Å²) in [6.45, 7) is 6.51. The fourth-order valence-electron chi connectivity index (χ4n) is 1.58. The summed E-state index contributed by atoms with van der Waals surface area (Å²) in [4.78, 5) is 9.41. The van der Waals surface area contributed by atoms with E-state index in [1.807, 2.05) is 0 Å². The molecule has 18 heavy (non-hydrogen) atoms. The van der Waals surface area contributed by atoms with Gasteiger partial charge in [-0.15, -0.1) is 0 Å². The maximum absolute atomic E-state index is 4.74. The highest BCUT2D eigenvalue weighted by molar-refractivity contribution is 4.98. The van der Waals surface area contributed by atoms with Gasteiger partial charge in [-0.2, -0.15) is 0 Å². The lowest BCUT2D eigenvalue weighted by Crippen LogP contribution is -1.96. The van der Waals surface area contributed by atoms with Crippen molar-refractivity contribution in [2.75, 3.05) is 0 Å². The van der Waals surface area contributed by atoms with Crippen molar-refractivity contribution in [3.63, 3.8) is 0 Å². The Kier molecular flexibility index (Phi) is 12.8. The number of rotatable bonds is 8. The third-order valence-electron chi connectivity index (χ3n) is 2.66. The minimum Gasteiger partial charge on any atom is -0.224 e. The normalized spacial score (nSPS) is 10.6. The SMILES string of the molecule is CCCCC#COOC#CC(CCC)CCCC. The molecule has 0 spiro atoms. The van der Waals surface area contributed by atoms with Gasteiger partial charge in [-0.05, 0) is 19.3 Å². The molecule has 0 N–H and O–H groups in total. The zero-order valence-corrected chi connectivity index (χ0v) is 12.1. The molecule has 0 aliphatic carbocycles. The largest absolute Gasteiger partial charge is 0.224 e. The van der Waals surface area contributed by atoms with Crippen molar-refractivity contribution in [1.82, 2.24) is 0 Å². The van der Waals surface area contributed by atoms with Crippen LogP contribution in [-0.2, 0) is 9.78 Å². The van der Waals surface area contributed by atoms with Gasteiger partial charge in [0.2, 0.25) is 0 Å². The zero-order chi connectivity index (χ0) is 13.5. The van der Waals surface area contributed by atoms with Gasteiger partial charge in [0.15, 0.2) is 12.2 Å². The van der Waals surface area contributed by atoms with Crippen LogP contribution >= 0.6 is 0 Å². The van der Waals surface area contributed by atoms with Crippen molar-refractivity contribution < 1.29 is 9.78 Å². The van der Waals surface area contributed by atoms with E-state index in [0.29, 0.717) is 5.92 Å². The standard InChI is InChI=1S/C16H26O2/c1-4-7-9-10-14-17-18-15-13-16(11-6-3)12-8-5-2/h16H,4-9,11-12H2,1-3H3. The molecule has 0 saturated carbocycles. The Morgan fingerprint density at radius 2 is 1.56 bits per heavy atom. The summed E-state index contributed by atoms with van der Waals surface area (Å²) in [5.41, 5.74) is 0. The van der Waals surface area contributed by atoms with E-state index in [2.05, 4.69) is 49.7 Å². The van der Waals surface area contributed by atoms with Gasteiger partial charge < -0.3 is 0 Å². The highest BCUT2D eigenvalue weighted by Crippen LogP contribution is 2.13. The Morgan fingerprint density at radius 1 is 0.833 bits per heavy atom. The summed E-state index contributed by atoms with van der Waals surface area (Å²) < 4.78 is 0. The van der Waals surface area contributed by atoms with Crippen molar-refractivity contribution >= 4 is 0 Å². The summed E-state index contributed by atoms with van der Waals surface area (Å²) in [5.74, 6) is 6.38. The van der Waals surface area contributed by atoms with Crippen molar-refractivity contribution in [3.8, 4) is 24.1 Å². The average Bonchev–Trinajstić information content (AvgIpc) is 2.39. The van der Waals surface area contributed by atoms with Crippen LogP contribution in [0.25, 0.3) is 0 Å². The molecule has 1 atom stereocenters. The van der Waals surface area contributed by atoms with Crippen LogP contribution in [0.5, 0.6) is 0 Å². The van der Waals surface area contributed by atoms with Crippen LogP contribution < -0.4 is 0 Å². The van der Waals surface area contributed by atoms with E-state index in [0.717, 1.165) is 38.5 Å². The van der Waals surface area contributed by atoms with Crippen LogP contribution in [0.3, 0.4) is 0 Å². The minimum absolute atomic E-state index is 0.423. The molecule has 0 aliphatic heterocycles. The highest BCUT2D eigenvalue weighted by Gasteiger charge is 2.02. The molecule has 2 nitrogen and oxygen atoms in total. The molecule has 2 heteroatoms. The lowest BCUT2D eigenvalue weighted by molar-refractivity contribution is -0.167. The average molecular weight is 250 g/mol. The van der Waals surface area contributed by atoms with Gasteiger partial charge in [0.25, 0.3) is 0 Å². The van der Waals surface area contributed by atoms with Gasteiger partial charge in [0.1, 0.15) is 0 Å². The number of hydrogen-bond donors (Lipinski definition) is 0. The first-order valence-electron chi connectivity index (χ1n) is 7.15. The monoisotopic (exact) mass is 250 g/mol. The van der Waals surface area contributed by atoms with E-state index in [4.69, 9.17) is 4.89 Å². The zero-order valence-electron chi connectivity index (χ0n) is 12.1. The van der Waals surface area contributed by atoms with Gasteiger partial charge in [-0.1, -0.05) is 58.3 Å². The Morgan fingerprint density at radius 3 is 2.22 bits per heavy atom. The van der Waals surface area contributed by atoms with Gasteiger partial charge in [-0.3, -0.25) is 0 Å². The molecule has 0 aliphatic rings. The maximum atomic E-state index is 4.74. The highest BCUT2D eigenvalue weighted by atomic mass is 17.2. The van der Waals surface area contributed by atoms with E-state index in [-0.39, 0.29) is 0 Å². The number of unbranched alkanes of at least 4 members (excludes halogenated alkanes) is 3. The molecule has 102 valence electrons. The lowest BCUT2D eigenvalue weighted by atomic mass is 9.98. The van der Waals surface area contributed by atoms with Crippen LogP contribution in [0.15, 0.2) is 0 Å². The molecule has 0 saturated heterocycles. The summed E-state index contributed by atoms with van der Waals surface area (Å²) >= 11 is 0. The van der Waals surface area contributed by atoms with Crippen LogP contribution in [0, 0.1) is 30.0 Å². The third-order valence-corrected chi connectivity index (χ3v) is 2.66. The van der Waals surface area contributed by atoms with E-state index in [9.17, 15) is 0 Å². The van der Waals surface area contributed by atoms with Gasteiger partial charge in [-0.25, -0.2) is 9.78 Å². The van der Waals surface area contributed by atoms with Gasteiger partial charge in [0, 0.05) is 12.3 Å². The second kappa shape index (κ2) is 13.8. The molecule has 0 aromatic rings. The van der Waals surface area contributed by atoms with Gasteiger partial charge in [0.05, 0.1) is 0 Å². The topological polar surface area (TPSA) is 18.5 Å². The first kappa shape index (κ1) is 16.7. The fourth-order valence-corrected chi connectivity index (χ4v) is 1.58. The second-order valence-electron chi connectivity index (χ2n) is 4.42. The molecular formula is C16H26O2. The molecule has 0 fully saturated rings. The fraction of sp³-hybridized carbons (Fsp3) is 0.750. The van der Waals surface area contributed by atoms with E-state index >= 15 is 0 Å². The molecule has 0 radical (unpaired) electrons. The van der Waals surface area contributed by atoms with E-state index in [1.54, 1.807) is 0 Å². The molecule has 1 unspecified atom stereocenters. The molecule has 0 aromatic heterocycles. The predicted molar refractivity (Wildman–Crippen MR) is 75.2 cm³/mol. The molecule has 0 bridgehead atoms. The van der Waals surface area contributed by atoms with Crippen molar-refractivity contribution in [2.24, 2.45) is 5.92 Å². The van der Waals surface area contributed by atoms with Crippen LogP contribution in [-0.4, -0.2) is 0 Å². The Labute approximate surface area is 112 Å². The summed E-state index contributed by atoms with van der Waals surface area (Å²) in [7, 11) is 0. The quantitative estimate of drug-likeness (QED) is 0.270. The van der Waals surface area contributed by atoms with E-state index < -0.39 is 0 Å². The summed E-state index contributed by atoms with van der Waals surface area (Å²) in [6, 6.07) is 0. The molecule has 0 amide bonds. The molecular weight excluding hydrogens is 224 g/mol. The Hall–Kier alpha value is -1.28. The van der Waals surface area contributed by atoms with E-state index in [1.165, 1.54) is 12.8 Å². The molecule has 0 aromatic carbocycles. The predicted octanol–water partition coefficient (Wildman–Crippen LogP) is 4.65. The lowest BCUT2D eigenvalue weighted by Gasteiger charge is -2.06. The first-order chi connectivity index (χ1) is 8.85. The Balaban J connectivity index is 3.77. The molecule has 0 rings (SSSR count). The van der Waals surface area contributed by atoms with Crippen LogP contribution in [0.2, 0.25) is 0 Å². The Bertz CT molecular complexity index is 288. The molecule has 0 heterocycles. The van der Waals surface area contributed by atoms with Gasteiger partial charge >= 0.3 is 0 Å².